The maximum absolute atomic E-state index is 12.8. The molecule has 6 heteroatoms. The van der Waals surface area contributed by atoms with Gasteiger partial charge < -0.3 is 4.74 Å². The summed E-state index contributed by atoms with van der Waals surface area (Å²) < 4.78 is 5.65. The Morgan fingerprint density at radius 3 is 2.58 bits per heavy atom. The summed E-state index contributed by atoms with van der Waals surface area (Å²) in [5, 5.41) is 0. The summed E-state index contributed by atoms with van der Waals surface area (Å²) in [6, 6.07) is 8.88. The topological polar surface area (TPSA) is 46.6 Å². The molecule has 1 heterocycles. The number of ether oxygens (including phenoxy) is 1. The van der Waals surface area contributed by atoms with Crippen LogP contribution in [0, 0.1) is 5.92 Å². The fourth-order valence-corrected chi connectivity index (χ4v) is 3.71. The predicted molar refractivity (Wildman–Crippen MR) is 101 cm³/mol. The number of benzene rings is 1. The Hall–Kier alpha value is -1.66. The Kier molecular flexibility index (Phi) is 6.57. The molecule has 1 amide bonds. The van der Waals surface area contributed by atoms with Crippen molar-refractivity contribution >= 4 is 46.3 Å². The van der Waals surface area contributed by atoms with Crippen LogP contribution in [0.4, 0.5) is 0 Å². The highest BCUT2D eigenvalue weighted by atomic mass is 32.2. The van der Waals surface area contributed by atoms with Gasteiger partial charge in [-0.1, -0.05) is 75.1 Å². The van der Waals surface area contributed by atoms with Gasteiger partial charge in [0, 0.05) is 0 Å². The maximum Gasteiger partial charge on any atom is 0.329 e. The van der Waals surface area contributed by atoms with E-state index in [2.05, 4.69) is 0 Å². The second-order valence-electron chi connectivity index (χ2n) is 5.82. The first-order valence-electron chi connectivity index (χ1n) is 7.94. The Labute approximate surface area is 152 Å². The third-order valence-corrected chi connectivity index (χ3v) is 4.85. The van der Waals surface area contributed by atoms with Crippen molar-refractivity contribution in [3.05, 3.63) is 40.8 Å². The molecule has 1 aromatic carbocycles. The van der Waals surface area contributed by atoms with Crippen LogP contribution in [0.15, 0.2) is 35.2 Å². The van der Waals surface area contributed by atoms with Gasteiger partial charge in [-0.15, -0.1) is 0 Å². The van der Waals surface area contributed by atoms with Gasteiger partial charge in [-0.2, -0.15) is 0 Å². The molecule has 128 valence electrons. The number of hydrogen-bond acceptors (Lipinski definition) is 5. The van der Waals surface area contributed by atoms with Gasteiger partial charge in [0.1, 0.15) is 10.4 Å². The number of thiocarbonyl (C=S) groups is 1. The summed E-state index contributed by atoms with van der Waals surface area (Å²) in [6.45, 7) is 6.05. The van der Waals surface area contributed by atoms with E-state index in [0.29, 0.717) is 15.8 Å². The van der Waals surface area contributed by atoms with E-state index in [0.717, 1.165) is 12.0 Å². The quantitative estimate of drug-likeness (QED) is 0.436. The summed E-state index contributed by atoms with van der Waals surface area (Å²) in [7, 11) is 0. The molecule has 1 aliphatic heterocycles. The Bertz CT molecular complexity index is 655. The van der Waals surface area contributed by atoms with Gasteiger partial charge in [-0.3, -0.25) is 9.69 Å². The summed E-state index contributed by atoms with van der Waals surface area (Å²) in [5.41, 5.74) is 0.924. The van der Waals surface area contributed by atoms with Crippen LogP contribution >= 0.6 is 24.0 Å². The first kappa shape index (κ1) is 18.7. The lowest BCUT2D eigenvalue weighted by molar-refractivity contribution is -0.152. The minimum Gasteiger partial charge on any atom is -0.464 e. The fraction of sp³-hybridized carbons (Fsp3) is 0.389. The van der Waals surface area contributed by atoms with E-state index >= 15 is 0 Å². The standard InChI is InChI=1S/C18H21NO3S2/c1-4-10-22-17(21)15(12(2)3)19-16(20)14(24-18(19)23)11-13-8-6-5-7-9-13/h5-9,11-12,15H,4,10H2,1-3H3/b14-11-. The first-order valence-corrected chi connectivity index (χ1v) is 9.17. The van der Waals surface area contributed by atoms with Crippen molar-refractivity contribution in [2.24, 2.45) is 5.92 Å². The Balaban J connectivity index is 2.26. The normalized spacial score (nSPS) is 17.7. The zero-order valence-corrected chi connectivity index (χ0v) is 15.7. The van der Waals surface area contributed by atoms with Crippen LogP contribution in [0.1, 0.15) is 32.8 Å². The highest BCUT2D eigenvalue weighted by Crippen LogP contribution is 2.35. The number of esters is 1. The lowest BCUT2D eigenvalue weighted by Gasteiger charge is -2.28. The number of hydrogen-bond donors (Lipinski definition) is 0. The molecule has 1 atom stereocenters. The van der Waals surface area contributed by atoms with E-state index in [9.17, 15) is 9.59 Å². The molecule has 1 saturated heterocycles. The lowest BCUT2D eigenvalue weighted by Crippen LogP contribution is -2.47. The van der Waals surface area contributed by atoms with Crippen LogP contribution in [0.25, 0.3) is 6.08 Å². The third kappa shape index (κ3) is 4.24. The molecule has 1 aromatic rings. The summed E-state index contributed by atoms with van der Waals surface area (Å²) in [4.78, 5) is 27.1. The Morgan fingerprint density at radius 2 is 2.00 bits per heavy atom. The van der Waals surface area contributed by atoms with Crippen molar-refractivity contribution in [2.75, 3.05) is 6.61 Å². The molecule has 0 bridgehead atoms. The van der Waals surface area contributed by atoms with Crippen molar-refractivity contribution in [1.29, 1.82) is 0 Å². The van der Waals surface area contributed by atoms with Crippen molar-refractivity contribution < 1.29 is 14.3 Å². The van der Waals surface area contributed by atoms with Crippen molar-refractivity contribution in [3.63, 3.8) is 0 Å². The van der Waals surface area contributed by atoms with Gasteiger partial charge in [-0.05, 0) is 24.0 Å². The molecule has 0 radical (unpaired) electrons. The van der Waals surface area contributed by atoms with Crippen LogP contribution in [0.2, 0.25) is 0 Å². The monoisotopic (exact) mass is 363 g/mol. The number of nitrogens with zero attached hydrogens (tertiary/aromatic N) is 1. The molecule has 1 fully saturated rings. The number of thioether (sulfide) groups is 1. The highest BCUT2D eigenvalue weighted by Gasteiger charge is 2.42. The number of rotatable bonds is 6. The molecular weight excluding hydrogens is 342 g/mol. The summed E-state index contributed by atoms with van der Waals surface area (Å²) in [5.74, 6) is -0.724. The summed E-state index contributed by atoms with van der Waals surface area (Å²) in [6.07, 6.45) is 2.54. The highest BCUT2D eigenvalue weighted by molar-refractivity contribution is 8.26. The summed E-state index contributed by atoms with van der Waals surface area (Å²) >= 11 is 6.58. The molecule has 0 aliphatic carbocycles. The molecule has 2 rings (SSSR count). The molecule has 24 heavy (non-hydrogen) atoms. The van der Waals surface area contributed by atoms with Gasteiger partial charge in [0.15, 0.2) is 0 Å². The van der Waals surface area contributed by atoms with E-state index < -0.39 is 12.0 Å². The predicted octanol–water partition coefficient (Wildman–Crippen LogP) is 3.87. The molecule has 1 aliphatic rings. The molecule has 4 nitrogen and oxygen atoms in total. The average molecular weight is 364 g/mol. The second kappa shape index (κ2) is 8.44. The van der Waals surface area contributed by atoms with Crippen molar-refractivity contribution in [3.8, 4) is 0 Å². The molecular formula is C18H21NO3S2. The average Bonchev–Trinajstić information content (AvgIpc) is 2.81. The minimum absolute atomic E-state index is 0.0899. The zero-order valence-electron chi connectivity index (χ0n) is 14.0. The van der Waals surface area contributed by atoms with Gasteiger partial charge in [0.05, 0.1) is 11.5 Å². The molecule has 0 N–H and O–H groups in total. The van der Waals surface area contributed by atoms with Crippen molar-refractivity contribution in [1.82, 2.24) is 4.90 Å². The van der Waals surface area contributed by atoms with Gasteiger partial charge in [-0.25, -0.2) is 4.79 Å². The largest absolute Gasteiger partial charge is 0.464 e. The van der Waals surface area contributed by atoms with Crippen LogP contribution in [-0.4, -0.2) is 33.7 Å². The number of carbonyl (C=O) groups is 2. The molecule has 1 unspecified atom stereocenters. The van der Waals surface area contributed by atoms with Crippen molar-refractivity contribution in [2.45, 2.75) is 33.2 Å². The molecule has 0 aromatic heterocycles. The second-order valence-corrected chi connectivity index (χ2v) is 7.49. The van der Waals surface area contributed by atoms with Gasteiger partial charge in [0.25, 0.3) is 5.91 Å². The van der Waals surface area contributed by atoms with Crippen LogP contribution in [0.5, 0.6) is 0 Å². The van der Waals surface area contributed by atoms with E-state index in [4.69, 9.17) is 17.0 Å². The van der Waals surface area contributed by atoms with Crippen LogP contribution in [0.3, 0.4) is 0 Å². The minimum atomic E-state index is -0.689. The first-order chi connectivity index (χ1) is 11.5. The SMILES string of the molecule is CCCOC(=O)C(C(C)C)N1C(=O)/C(=C/c2ccccc2)SC1=S. The smallest absolute Gasteiger partial charge is 0.329 e. The lowest BCUT2D eigenvalue weighted by atomic mass is 10.0. The van der Waals surface area contributed by atoms with E-state index in [1.165, 1.54) is 16.7 Å². The maximum atomic E-state index is 12.8. The number of amides is 1. The fourth-order valence-electron chi connectivity index (χ4n) is 2.38. The third-order valence-electron chi connectivity index (χ3n) is 3.52. The van der Waals surface area contributed by atoms with Crippen LogP contribution in [-0.2, 0) is 14.3 Å². The van der Waals surface area contributed by atoms with E-state index in [1.54, 1.807) is 6.08 Å². The zero-order chi connectivity index (χ0) is 17.7. The van der Waals surface area contributed by atoms with Gasteiger partial charge >= 0.3 is 5.97 Å². The van der Waals surface area contributed by atoms with Gasteiger partial charge in [0.2, 0.25) is 0 Å². The van der Waals surface area contributed by atoms with Crippen LogP contribution < -0.4 is 0 Å². The Morgan fingerprint density at radius 1 is 1.33 bits per heavy atom. The number of carbonyl (C=O) groups excluding carboxylic acids is 2. The molecule has 0 spiro atoms. The molecule has 0 saturated carbocycles. The van der Waals surface area contributed by atoms with E-state index in [-0.39, 0.29) is 11.8 Å². The van der Waals surface area contributed by atoms with E-state index in [1.807, 2.05) is 51.1 Å².